The van der Waals surface area contributed by atoms with Gasteiger partial charge in [-0.25, -0.2) is 9.18 Å². The minimum Gasteiger partial charge on any atom is -0.504 e. The van der Waals surface area contributed by atoms with Gasteiger partial charge >= 0.3 is 6.16 Å². The monoisotopic (exact) mass is 302 g/mol. The van der Waals surface area contributed by atoms with Crippen LogP contribution in [0.15, 0.2) is 0 Å². The lowest BCUT2D eigenvalue weighted by Crippen LogP contribution is -2.10. The second kappa shape index (κ2) is 7.81. The van der Waals surface area contributed by atoms with E-state index in [1.807, 2.05) is 13.8 Å². The number of hydrogen-bond acceptors (Lipinski definition) is 3. The molecular weight excluding hydrogens is 282 g/mol. The van der Waals surface area contributed by atoms with E-state index in [0.29, 0.717) is 25.7 Å². The smallest absolute Gasteiger partial charge is 0.504 e. The highest BCUT2D eigenvalue weighted by atomic mass is 19.2. The Morgan fingerprint density at radius 3 is 2.05 bits per heavy atom. The summed E-state index contributed by atoms with van der Waals surface area (Å²) < 4.78 is 32.2. The van der Waals surface area contributed by atoms with Gasteiger partial charge in [-0.3, -0.25) is 0 Å². The van der Waals surface area contributed by atoms with Crippen LogP contribution in [0.5, 0.6) is 11.5 Å². The quantitative estimate of drug-likeness (QED) is 0.578. The Hall–Kier alpha value is -1.85. The predicted octanol–water partition coefficient (Wildman–Crippen LogP) is 4.41. The third-order valence-corrected chi connectivity index (χ3v) is 3.27. The van der Waals surface area contributed by atoms with Crippen molar-refractivity contribution in [2.75, 3.05) is 0 Å². The van der Waals surface area contributed by atoms with Crippen LogP contribution in [0.3, 0.4) is 0 Å². The zero-order valence-electron chi connectivity index (χ0n) is 12.2. The molecule has 1 aromatic rings. The number of unbranched alkanes of at least 4 members (excludes halogenated alkanes) is 2. The molecule has 0 bridgehead atoms. The van der Waals surface area contributed by atoms with Crippen molar-refractivity contribution in [3.05, 3.63) is 22.8 Å². The lowest BCUT2D eigenvalue weighted by Gasteiger charge is -2.16. The summed E-state index contributed by atoms with van der Waals surface area (Å²) in [6, 6.07) is 0. The average Bonchev–Trinajstić information content (AvgIpc) is 2.44. The molecule has 0 atom stereocenters. The maximum Gasteiger partial charge on any atom is 0.511 e. The largest absolute Gasteiger partial charge is 0.511 e. The van der Waals surface area contributed by atoms with Gasteiger partial charge < -0.3 is 14.9 Å². The normalized spacial score (nSPS) is 10.7. The van der Waals surface area contributed by atoms with E-state index in [0.717, 1.165) is 12.8 Å². The first-order valence-corrected chi connectivity index (χ1v) is 7.06. The van der Waals surface area contributed by atoms with Crippen molar-refractivity contribution in [2.24, 2.45) is 0 Å². The van der Waals surface area contributed by atoms with Gasteiger partial charge in [0.05, 0.1) is 0 Å². The highest BCUT2D eigenvalue weighted by Gasteiger charge is 2.26. The summed E-state index contributed by atoms with van der Waals surface area (Å²) in [5, 5.41) is 18.6. The SMILES string of the molecule is CCCCc1c(O)c(OC(=O)O)c(F)c(F)c1CCCC. The van der Waals surface area contributed by atoms with Gasteiger partial charge in [0, 0.05) is 5.56 Å². The van der Waals surface area contributed by atoms with E-state index in [2.05, 4.69) is 4.74 Å². The van der Waals surface area contributed by atoms with Gasteiger partial charge in [0.1, 0.15) is 0 Å². The number of aromatic hydroxyl groups is 1. The molecule has 0 aliphatic heterocycles. The highest BCUT2D eigenvalue weighted by Crippen LogP contribution is 2.39. The van der Waals surface area contributed by atoms with Crippen LogP contribution in [0, 0.1) is 11.6 Å². The zero-order chi connectivity index (χ0) is 16.0. The molecule has 0 saturated heterocycles. The van der Waals surface area contributed by atoms with E-state index in [4.69, 9.17) is 5.11 Å². The predicted molar refractivity (Wildman–Crippen MR) is 73.9 cm³/mol. The van der Waals surface area contributed by atoms with Gasteiger partial charge in [-0.05, 0) is 31.2 Å². The Labute approximate surface area is 122 Å². The molecule has 2 N–H and O–H groups in total. The van der Waals surface area contributed by atoms with E-state index in [9.17, 15) is 18.7 Å². The summed E-state index contributed by atoms with van der Waals surface area (Å²) in [4.78, 5) is 10.5. The first-order valence-electron chi connectivity index (χ1n) is 7.06. The molecule has 118 valence electrons. The fourth-order valence-corrected chi connectivity index (χ4v) is 2.17. The fraction of sp³-hybridized carbons (Fsp3) is 0.533. The maximum absolute atomic E-state index is 14.1. The van der Waals surface area contributed by atoms with Crippen LogP contribution < -0.4 is 4.74 Å². The first kappa shape index (κ1) is 17.2. The molecule has 0 aliphatic rings. The van der Waals surface area contributed by atoms with E-state index < -0.39 is 29.3 Å². The van der Waals surface area contributed by atoms with Crippen LogP contribution in [0.25, 0.3) is 0 Å². The van der Waals surface area contributed by atoms with Crippen molar-refractivity contribution in [3.63, 3.8) is 0 Å². The molecule has 0 heterocycles. The zero-order valence-corrected chi connectivity index (χ0v) is 12.2. The Morgan fingerprint density at radius 2 is 1.57 bits per heavy atom. The number of phenols is 1. The summed E-state index contributed by atoms with van der Waals surface area (Å²) >= 11 is 0. The van der Waals surface area contributed by atoms with Crippen molar-refractivity contribution in [3.8, 4) is 11.5 Å². The number of phenolic OH excluding ortho intramolecular Hbond substituents is 1. The van der Waals surface area contributed by atoms with Crippen molar-refractivity contribution in [2.45, 2.75) is 52.4 Å². The maximum atomic E-state index is 14.1. The standard InChI is InChI=1S/C15H20F2O4/c1-3-5-7-9-10(8-6-4-2)13(18)14(21-15(19)20)12(17)11(9)16/h18H,3-8H2,1-2H3,(H,19,20). The summed E-state index contributed by atoms with van der Waals surface area (Å²) in [7, 11) is 0. The van der Waals surface area contributed by atoms with Crippen LogP contribution in [0.2, 0.25) is 0 Å². The molecule has 0 spiro atoms. The molecule has 0 unspecified atom stereocenters. The van der Waals surface area contributed by atoms with Crippen LogP contribution in [-0.4, -0.2) is 16.4 Å². The molecule has 0 amide bonds. The minimum absolute atomic E-state index is 0.109. The second-order valence-electron chi connectivity index (χ2n) is 4.84. The average molecular weight is 302 g/mol. The van der Waals surface area contributed by atoms with Crippen molar-refractivity contribution in [1.29, 1.82) is 0 Å². The van der Waals surface area contributed by atoms with Crippen molar-refractivity contribution < 1.29 is 28.5 Å². The summed E-state index contributed by atoms with van der Waals surface area (Å²) in [6.07, 6.45) is 1.75. The molecule has 0 fully saturated rings. The van der Waals surface area contributed by atoms with Gasteiger partial charge in [0.2, 0.25) is 11.6 Å². The Bertz CT molecular complexity index is 515. The van der Waals surface area contributed by atoms with E-state index in [-0.39, 0.29) is 11.1 Å². The minimum atomic E-state index is -1.80. The van der Waals surface area contributed by atoms with Gasteiger partial charge in [0.25, 0.3) is 0 Å². The number of benzene rings is 1. The number of carbonyl (C=O) groups is 1. The number of ether oxygens (including phenoxy) is 1. The van der Waals surface area contributed by atoms with E-state index in [1.54, 1.807) is 0 Å². The fourth-order valence-electron chi connectivity index (χ4n) is 2.17. The summed E-state index contributed by atoms with van der Waals surface area (Å²) in [6.45, 7) is 3.85. The van der Waals surface area contributed by atoms with Crippen LogP contribution in [0.1, 0.15) is 50.7 Å². The summed E-state index contributed by atoms with van der Waals surface area (Å²) in [5.41, 5.74) is 0.346. The van der Waals surface area contributed by atoms with Crippen LogP contribution >= 0.6 is 0 Å². The lowest BCUT2D eigenvalue weighted by molar-refractivity contribution is 0.140. The molecule has 0 aliphatic carbocycles. The highest BCUT2D eigenvalue weighted by molar-refractivity contribution is 5.64. The van der Waals surface area contributed by atoms with E-state index >= 15 is 0 Å². The number of halogens is 2. The van der Waals surface area contributed by atoms with Gasteiger partial charge in [-0.1, -0.05) is 26.7 Å². The second-order valence-corrected chi connectivity index (χ2v) is 4.84. The number of carboxylic acid groups (broad SMARTS) is 1. The molecule has 0 aromatic heterocycles. The molecule has 21 heavy (non-hydrogen) atoms. The third kappa shape index (κ3) is 4.06. The van der Waals surface area contributed by atoms with Crippen molar-refractivity contribution in [1.82, 2.24) is 0 Å². The molecule has 6 heteroatoms. The van der Waals surface area contributed by atoms with Crippen molar-refractivity contribution >= 4 is 6.16 Å². The lowest BCUT2D eigenvalue weighted by atomic mass is 9.95. The molecule has 0 saturated carbocycles. The molecule has 1 rings (SSSR count). The molecule has 0 radical (unpaired) electrons. The molecular formula is C15H20F2O4. The van der Waals surface area contributed by atoms with Crippen LogP contribution in [0.4, 0.5) is 13.6 Å². The van der Waals surface area contributed by atoms with E-state index in [1.165, 1.54) is 0 Å². The number of rotatable bonds is 7. The topological polar surface area (TPSA) is 66.8 Å². The van der Waals surface area contributed by atoms with Gasteiger partial charge in [-0.15, -0.1) is 0 Å². The first-order chi connectivity index (χ1) is 9.93. The molecule has 4 nitrogen and oxygen atoms in total. The third-order valence-electron chi connectivity index (χ3n) is 3.27. The Kier molecular flexibility index (Phi) is 6.39. The Balaban J connectivity index is 3.38. The van der Waals surface area contributed by atoms with Gasteiger partial charge in [-0.2, -0.15) is 4.39 Å². The van der Waals surface area contributed by atoms with Crippen LogP contribution in [-0.2, 0) is 12.8 Å². The molecule has 1 aromatic carbocycles. The number of hydrogen-bond donors (Lipinski definition) is 2. The van der Waals surface area contributed by atoms with Gasteiger partial charge in [0.15, 0.2) is 11.6 Å². The summed E-state index contributed by atoms with van der Waals surface area (Å²) in [5.74, 6) is -4.16. The Morgan fingerprint density at radius 1 is 1.05 bits per heavy atom.